The van der Waals surface area contributed by atoms with Crippen LogP contribution in [0.5, 0.6) is 0 Å². The Morgan fingerprint density at radius 3 is 2.82 bits per heavy atom. The molecule has 1 nitrogen and oxygen atoms in total. The highest BCUT2D eigenvalue weighted by Crippen LogP contribution is 2.23. The van der Waals surface area contributed by atoms with Gasteiger partial charge in [0.2, 0.25) is 0 Å². The summed E-state index contributed by atoms with van der Waals surface area (Å²) in [6.45, 7) is 5.61. The van der Waals surface area contributed by atoms with Crippen molar-refractivity contribution in [3.05, 3.63) is 0 Å². The van der Waals surface area contributed by atoms with E-state index < -0.39 is 0 Å². The zero-order valence-corrected chi connectivity index (χ0v) is 8.93. The summed E-state index contributed by atoms with van der Waals surface area (Å²) >= 11 is 4.22. The molecule has 0 saturated carbocycles. The van der Waals surface area contributed by atoms with Gasteiger partial charge in [-0.3, -0.25) is 0 Å². The first-order valence-electron chi connectivity index (χ1n) is 4.22. The molecule has 3 heteroatoms. The average molecular weight is 191 g/mol. The Labute approximate surface area is 78.1 Å². The number of hydrogen-bond acceptors (Lipinski definition) is 3. The fraction of sp³-hybridized carbons (Fsp3) is 1.00. The summed E-state index contributed by atoms with van der Waals surface area (Å²) in [5, 5.41) is 4.34. The minimum atomic E-state index is 0.641. The molecule has 66 valence electrons. The molecule has 0 spiro atoms. The number of rotatable bonds is 3. The van der Waals surface area contributed by atoms with E-state index in [2.05, 4.69) is 42.7 Å². The molecule has 0 amide bonds. The second kappa shape index (κ2) is 5.33. The molecule has 1 heterocycles. The number of hydrogen-bond donors (Lipinski definition) is 1. The van der Waals surface area contributed by atoms with E-state index in [9.17, 15) is 0 Å². The van der Waals surface area contributed by atoms with Gasteiger partial charge in [-0.05, 0) is 0 Å². The molecule has 1 fully saturated rings. The molecule has 1 N–H and O–H groups in total. The van der Waals surface area contributed by atoms with Gasteiger partial charge in [0.1, 0.15) is 0 Å². The van der Waals surface area contributed by atoms with Crippen molar-refractivity contribution in [2.75, 3.05) is 23.8 Å². The van der Waals surface area contributed by atoms with Crippen LogP contribution in [0.3, 0.4) is 0 Å². The molecule has 0 radical (unpaired) electrons. The third kappa shape index (κ3) is 4.28. The quantitative estimate of drug-likeness (QED) is 0.731. The normalized spacial score (nSPS) is 25.9. The van der Waals surface area contributed by atoms with Crippen LogP contribution in [0.2, 0.25) is 0 Å². The number of thioether (sulfide) groups is 2. The lowest BCUT2D eigenvalue weighted by atomic mass is 10.3. The van der Waals surface area contributed by atoms with Crippen molar-refractivity contribution in [1.29, 1.82) is 0 Å². The molecule has 1 saturated heterocycles. The van der Waals surface area contributed by atoms with Gasteiger partial charge in [-0.1, -0.05) is 13.8 Å². The topological polar surface area (TPSA) is 12.0 Å². The molecule has 11 heavy (non-hydrogen) atoms. The van der Waals surface area contributed by atoms with Crippen LogP contribution < -0.4 is 5.32 Å². The SMILES string of the molecule is CC(C)NCC1CSCCS1. The lowest BCUT2D eigenvalue weighted by Gasteiger charge is -2.22. The predicted octanol–water partition coefficient (Wildman–Crippen LogP) is 1.83. The van der Waals surface area contributed by atoms with E-state index in [1.54, 1.807) is 0 Å². The van der Waals surface area contributed by atoms with E-state index in [0.717, 1.165) is 5.25 Å². The van der Waals surface area contributed by atoms with E-state index in [-0.39, 0.29) is 0 Å². The Morgan fingerprint density at radius 2 is 2.27 bits per heavy atom. The predicted molar refractivity (Wildman–Crippen MR) is 56.7 cm³/mol. The average Bonchev–Trinajstić information content (AvgIpc) is 2.03. The summed E-state index contributed by atoms with van der Waals surface area (Å²) in [7, 11) is 0. The van der Waals surface area contributed by atoms with E-state index in [1.807, 2.05) is 0 Å². The van der Waals surface area contributed by atoms with Gasteiger partial charge in [-0.15, -0.1) is 0 Å². The van der Waals surface area contributed by atoms with Gasteiger partial charge >= 0.3 is 0 Å². The van der Waals surface area contributed by atoms with Crippen molar-refractivity contribution in [1.82, 2.24) is 5.32 Å². The first-order chi connectivity index (χ1) is 5.29. The van der Waals surface area contributed by atoms with Gasteiger partial charge in [-0.25, -0.2) is 0 Å². The van der Waals surface area contributed by atoms with Crippen LogP contribution in [-0.4, -0.2) is 35.1 Å². The van der Waals surface area contributed by atoms with Crippen LogP contribution in [0.15, 0.2) is 0 Å². The van der Waals surface area contributed by atoms with E-state index in [0.29, 0.717) is 6.04 Å². The summed E-state index contributed by atoms with van der Waals surface area (Å²) in [5.41, 5.74) is 0. The highest BCUT2D eigenvalue weighted by atomic mass is 32.2. The highest BCUT2D eigenvalue weighted by Gasteiger charge is 2.13. The van der Waals surface area contributed by atoms with Gasteiger partial charge in [-0.2, -0.15) is 23.5 Å². The second-order valence-corrected chi connectivity index (χ2v) is 5.69. The zero-order chi connectivity index (χ0) is 8.10. The third-order valence-electron chi connectivity index (χ3n) is 1.64. The van der Waals surface area contributed by atoms with Crippen molar-refractivity contribution in [3.63, 3.8) is 0 Å². The largest absolute Gasteiger partial charge is 0.313 e. The summed E-state index contributed by atoms with van der Waals surface area (Å²) in [6, 6.07) is 0.641. The number of nitrogens with one attached hydrogen (secondary N) is 1. The molecule has 1 rings (SSSR count). The van der Waals surface area contributed by atoms with E-state index >= 15 is 0 Å². The molecular weight excluding hydrogens is 174 g/mol. The van der Waals surface area contributed by atoms with Gasteiger partial charge in [0.25, 0.3) is 0 Å². The van der Waals surface area contributed by atoms with Crippen molar-refractivity contribution in [3.8, 4) is 0 Å². The van der Waals surface area contributed by atoms with E-state index in [1.165, 1.54) is 23.8 Å². The van der Waals surface area contributed by atoms with Gasteiger partial charge in [0.05, 0.1) is 0 Å². The lowest BCUT2D eigenvalue weighted by Crippen LogP contribution is -2.33. The molecule has 0 aromatic rings. The maximum Gasteiger partial charge on any atom is 0.0263 e. The Hall–Kier alpha value is 0.660. The van der Waals surface area contributed by atoms with Crippen molar-refractivity contribution in [2.24, 2.45) is 0 Å². The summed E-state index contributed by atoms with van der Waals surface area (Å²) in [6.07, 6.45) is 0. The zero-order valence-electron chi connectivity index (χ0n) is 7.30. The molecule has 0 aromatic heterocycles. The van der Waals surface area contributed by atoms with Crippen LogP contribution in [0, 0.1) is 0 Å². The molecular formula is C8H17NS2. The van der Waals surface area contributed by atoms with Gasteiger partial charge in [0, 0.05) is 35.1 Å². The van der Waals surface area contributed by atoms with Crippen LogP contribution >= 0.6 is 23.5 Å². The minimum absolute atomic E-state index is 0.641. The van der Waals surface area contributed by atoms with Gasteiger partial charge < -0.3 is 5.32 Å². The fourth-order valence-electron chi connectivity index (χ4n) is 1.02. The Balaban J connectivity index is 2.05. The minimum Gasteiger partial charge on any atom is -0.313 e. The second-order valence-electron chi connectivity index (χ2n) is 3.13. The Kier molecular flexibility index (Phi) is 4.72. The highest BCUT2D eigenvalue weighted by molar-refractivity contribution is 8.06. The van der Waals surface area contributed by atoms with Crippen molar-refractivity contribution >= 4 is 23.5 Å². The van der Waals surface area contributed by atoms with Crippen LogP contribution in [-0.2, 0) is 0 Å². The molecule has 1 unspecified atom stereocenters. The first-order valence-corrected chi connectivity index (χ1v) is 6.42. The monoisotopic (exact) mass is 191 g/mol. The molecule has 0 aromatic carbocycles. The Bertz CT molecular complexity index is 100. The third-order valence-corrected chi connectivity index (χ3v) is 4.48. The molecule has 1 atom stereocenters. The smallest absolute Gasteiger partial charge is 0.0263 e. The standard InChI is InChI=1S/C8H17NS2/c1-7(2)9-5-8-6-10-3-4-11-8/h7-9H,3-6H2,1-2H3. The maximum atomic E-state index is 3.48. The van der Waals surface area contributed by atoms with E-state index in [4.69, 9.17) is 0 Å². The summed E-state index contributed by atoms with van der Waals surface area (Å²) < 4.78 is 0. The molecule has 1 aliphatic heterocycles. The van der Waals surface area contributed by atoms with Gasteiger partial charge in [0.15, 0.2) is 0 Å². The molecule has 0 aliphatic carbocycles. The molecule has 0 bridgehead atoms. The lowest BCUT2D eigenvalue weighted by molar-refractivity contribution is 0.590. The van der Waals surface area contributed by atoms with Crippen LogP contribution in [0.4, 0.5) is 0 Å². The van der Waals surface area contributed by atoms with Crippen molar-refractivity contribution in [2.45, 2.75) is 25.1 Å². The van der Waals surface area contributed by atoms with Crippen LogP contribution in [0.1, 0.15) is 13.8 Å². The van der Waals surface area contributed by atoms with Crippen molar-refractivity contribution < 1.29 is 0 Å². The Morgan fingerprint density at radius 1 is 1.45 bits per heavy atom. The summed E-state index contributed by atoms with van der Waals surface area (Å²) in [5.74, 6) is 4.03. The first kappa shape index (κ1) is 9.75. The summed E-state index contributed by atoms with van der Waals surface area (Å²) in [4.78, 5) is 0. The maximum absolute atomic E-state index is 3.48. The molecule has 1 aliphatic rings. The fourth-order valence-corrected chi connectivity index (χ4v) is 3.65. The van der Waals surface area contributed by atoms with Crippen LogP contribution in [0.25, 0.3) is 0 Å².